The molecule has 4 N–H and O–H groups in total. The minimum absolute atomic E-state index is 0.168. The number of hydrogen-bond donors (Lipinski definition) is 3. The van der Waals surface area contributed by atoms with Crippen LogP contribution < -0.4 is 11.1 Å². The molecule has 1 fully saturated rings. The smallest absolute Gasteiger partial charge is 0.325 e. The van der Waals surface area contributed by atoms with Crippen molar-refractivity contribution < 1.29 is 24.2 Å². The van der Waals surface area contributed by atoms with Gasteiger partial charge in [-0.1, -0.05) is 78.9 Å². The van der Waals surface area contributed by atoms with E-state index in [0.717, 1.165) is 16.7 Å². The van der Waals surface area contributed by atoms with Gasteiger partial charge in [-0.25, -0.2) is 0 Å². The van der Waals surface area contributed by atoms with Crippen molar-refractivity contribution in [2.24, 2.45) is 29.4 Å². The Morgan fingerprint density at radius 2 is 1.52 bits per heavy atom. The lowest BCUT2D eigenvalue weighted by Gasteiger charge is -2.37. The van der Waals surface area contributed by atoms with E-state index in [-0.39, 0.29) is 13.2 Å². The van der Waals surface area contributed by atoms with E-state index in [2.05, 4.69) is 15.3 Å². The fourth-order valence-electron chi connectivity index (χ4n) is 7.00. The fourth-order valence-corrected chi connectivity index (χ4v) is 7.00. The molecule has 232 valence electrons. The molecule has 9 nitrogen and oxygen atoms in total. The van der Waals surface area contributed by atoms with Crippen LogP contribution in [0.1, 0.15) is 29.4 Å². The number of benzene rings is 2. The van der Waals surface area contributed by atoms with Crippen LogP contribution in [0.25, 0.3) is 5.57 Å². The van der Waals surface area contributed by atoms with Gasteiger partial charge >= 0.3 is 5.97 Å². The second-order valence-electron chi connectivity index (χ2n) is 11.3. The molecule has 6 rings (SSSR count). The van der Waals surface area contributed by atoms with Crippen LogP contribution in [0.3, 0.4) is 0 Å². The van der Waals surface area contributed by atoms with Crippen molar-refractivity contribution in [1.29, 1.82) is 0 Å². The number of rotatable bonds is 10. The molecular formula is C37H34N4O5. The highest BCUT2D eigenvalue weighted by Gasteiger charge is 2.61. The second kappa shape index (κ2) is 12.9. The molecule has 5 atom stereocenters. The van der Waals surface area contributed by atoms with Gasteiger partial charge in [-0.2, -0.15) is 0 Å². The van der Waals surface area contributed by atoms with Crippen LogP contribution in [0.4, 0.5) is 0 Å². The molecule has 0 saturated heterocycles. The number of allylic oxidation sites excluding steroid dienone is 2. The Morgan fingerprint density at radius 1 is 0.870 bits per heavy atom. The summed E-state index contributed by atoms with van der Waals surface area (Å²) in [5.41, 5.74) is 8.78. The van der Waals surface area contributed by atoms with Crippen molar-refractivity contribution in [3.63, 3.8) is 0 Å². The zero-order valence-corrected chi connectivity index (χ0v) is 25.2. The third kappa shape index (κ3) is 5.39. The minimum atomic E-state index is -1.76. The number of nitrogens with zero attached hydrogens (tertiary/aromatic N) is 2. The summed E-state index contributed by atoms with van der Waals surface area (Å²) < 4.78 is 5.01. The predicted octanol–water partition coefficient (Wildman–Crippen LogP) is 3.80. The molecule has 4 aromatic rings. The van der Waals surface area contributed by atoms with Gasteiger partial charge in [0.25, 0.3) is 0 Å². The first-order chi connectivity index (χ1) is 22.4. The van der Waals surface area contributed by atoms with E-state index in [0.29, 0.717) is 22.5 Å². The van der Waals surface area contributed by atoms with Crippen LogP contribution in [-0.2, 0) is 24.7 Å². The standard InChI is InChI=1S/C37H34N4O5/c1-2-46-29(42)22-41-36(44)32-25-21-26(37(45,24-15-7-4-8-16-24)28-18-10-12-20-40-28)33(34(32)35(38)43)31(25)30(23-13-5-3-6-14-23)27-17-9-11-19-39-27/h3-21,25,32-34,45H,2,22H2,1H3,(H2,38,43)(H,41,44). The number of pyridine rings is 2. The molecule has 0 aliphatic heterocycles. The maximum atomic E-state index is 13.9. The summed E-state index contributed by atoms with van der Waals surface area (Å²) in [6.45, 7) is 1.50. The van der Waals surface area contributed by atoms with E-state index in [1.54, 1.807) is 37.5 Å². The van der Waals surface area contributed by atoms with E-state index in [1.165, 1.54) is 0 Å². The summed E-state index contributed by atoms with van der Waals surface area (Å²) in [6, 6.07) is 29.6. The molecular weight excluding hydrogens is 580 g/mol. The summed E-state index contributed by atoms with van der Waals surface area (Å²) in [4.78, 5) is 48.9. The fraction of sp³-hybridized carbons (Fsp3) is 0.216. The van der Waals surface area contributed by atoms with Crippen LogP contribution in [0.2, 0.25) is 0 Å². The quantitative estimate of drug-likeness (QED) is 0.182. The molecule has 2 bridgehead atoms. The topological polar surface area (TPSA) is 144 Å². The first kappa shape index (κ1) is 30.6. The van der Waals surface area contributed by atoms with Gasteiger partial charge < -0.3 is 20.9 Å². The van der Waals surface area contributed by atoms with Crippen LogP contribution in [-0.4, -0.2) is 46.0 Å². The number of aromatic nitrogens is 2. The number of carbonyl (C=O) groups excluding carboxylic acids is 3. The molecule has 9 heteroatoms. The highest BCUT2D eigenvalue weighted by molar-refractivity contribution is 5.95. The Morgan fingerprint density at radius 3 is 2.13 bits per heavy atom. The van der Waals surface area contributed by atoms with E-state index in [4.69, 9.17) is 10.5 Å². The van der Waals surface area contributed by atoms with E-state index in [9.17, 15) is 19.5 Å². The average Bonchev–Trinajstić information content (AvgIpc) is 3.62. The van der Waals surface area contributed by atoms with E-state index >= 15 is 0 Å². The zero-order valence-electron chi connectivity index (χ0n) is 25.2. The van der Waals surface area contributed by atoms with Gasteiger partial charge in [-0.05, 0) is 53.5 Å². The Bertz CT molecular complexity index is 1710. The van der Waals surface area contributed by atoms with Crippen LogP contribution in [0, 0.1) is 23.7 Å². The largest absolute Gasteiger partial charge is 0.465 e. The van der Waals surface area contributed by atoms with Crippen molar-refractivity contribution in [2.45, 2.75) is 12.5 Å². The van der Waals surface area contributed by atoms with Crippen molar-refractivity contribution >= 4 is 23.4 Å². The van der Waals surface area contributed by atoms with Gasteiger partial charge in [0.1, 0.15) is 6.54 Å². The third-order valence-corrected chi connectivity index (χ3v) is 8.78. The van der Waals surface area contributed by atoms with Crippen molar-refractivity contribution in [2.75, 3.05) is 13.2 Å². The van der Waals surface area contributed by atoms with Crippen molar-refractivity contribution in [1.82, 2.24) is 15.3 Å². The van der Waals surface area contributed by atoms with E-state index < -0.39 is 47.1 Å². The molecule has 2 heterocycles. The van der Waals surface area contributed by atoms with E-state index in [1.807, 2.05) is 84.9 Å². The molecule has 2 aromatic heterocycles. The highest BCUT2D eigenvalue weighted by atomic mass is 16.5. The number of primary amides is 1. The van der Waals surface area contributed by atoms with Crippen LogP contribution in [0.5, 0.6) is 0 Å². The van der Waals surface area contributed by atoms with Gasteiger partial charge in [0.05, 0.1) is 29.8 Å². The molecule has 0 radical (unpaired) electrons. The number of nitrogens with one attached hydrogen (secondary N) is 1. The molecule has 0 spiro atoms. The number of aliphatic hydroxyl groups is 1. The number of fused-ring (bicyclic) bond motifs is 2. The van der Waals surface area contributed by atoms with Gasteiger partial charge in [-0.3, -0.25) is 24.4 Å². The Labute approximate surface area is 266 Å². The lowest BCUT2D eigenvalue weighted by atomic mass is 9.70. The molecule has 46 heavy (non-hydrogen) atoms. The maximum Gasteiger partial charge on any atom is 0.325 e. The van der Waals surface area contributed by atoms with Crippen LogP contribution >= 0.6 is 0 Å². The zero-order chi connectivity index (χ0) is 32.3. The predicted molar refractivity (Wildman–Crippen MR) is 171 cm³/mol. The monoisotopic (exact) mass is 614 g/mol. The SMILES string of the molecule is CCOC(=O)CNC(=O)C1C2C=C(C(O)(c3ccccc3)c3ccccn3)C(C2=C(c2ccccc2)c2ccccn2)C1C(N)=O. The first-order valence-corrected chi connectivity index (χ1v) is 15.2. The molecule has 2 aromatic carbocycles. The lowest BCUT2D eigenvalue weighted by Crippen LogP contribution is -2.46. The molecule has 5 unspecified atom stereocenters. The molecule has 2 aliphatic carbocycles. The summed E-state index contributed by atoms with van der Waals surface area (Å²) in [7, 11) is 0. The number of hydrogen-bond acceptors (Lipinski definition) is 7. The summed E-state index contributed by atoms with van der Waals surface area (Å²) in [5.74, 6) is -5.27. The van der Waals surface area contributed by atoms with Crippen molar-refractivity contribution in [3.05, 3.63) is 149 Å². The van der Waals surface area contributed by atoms with Gasteiger partial charge in [0.15, 0.2) is 5.60 Å². The summed E-state index contributed by atoms with van der Waals surface area (Å²) in [5, 5.41) is 15.6. The number of ether oxygens (including phenoxy) is 1. The Balaban J connectivity index is 1.62. The van der Waals surface area contributed by atoms with Crippen LogP contribution in [0.15, 0.2) is 127 Å². The number of carbonyl (C=O) groups is 3. The Hall–Kier alpha value is -5.41. The second-order valence-corrected chi connectivity index (χ2v) is 11.3. The first-order valence-electron chi connectivity index (χ1n) is 15.2. The minimum Gasteiger partial charge on any atom is -0.465 e. The molecule has 2 amide bonds. The normalized spacial score (nSPS) is 22.3. The van der Waals surface area contributed by atoms with Gasteiger partial charge in [0, 0.05) is 29.8 Å². The third-order valence-electron chi connectivity index (χ3n) is 8.78. The van der Waals surface area contributed by atoms with Gasteiger partial charge in [-0.15, -0.1) is 0 Å². The lowest BCUT2D eigenvalue weighted by molar-refractivity contribution is -0.144. The maximum absolute atomic E-state index is 13.9. The number of amides is 2. The highest BCUT2D eigenvalue weighted by Crippen LogP contribution is 2.62. The molecule has 2 aliphatic rings. The summed E-state index contributed by atoms with van der Waals surface area (Å²) >= 11 is 0. The molecule has 1 saturated carbocycles. The Kier molecular flexibility index (Phi) is 8.59. The average molecular weight is 615 g/mol. The number of nitrogens with two attached hydrogens (primary N) is 1. The summed E-state index contributed by atoms with van der Waals surface area (Å²) in [6.07, 6.45) is 5.17. The van der Waals surface area contributed by atoms with Crippen molar-refractivity contribution in [3.8, 4) is 0 Å². The van der Waals surface area contributed by atoms with Gasteiger partial charge in [0.2, 0.25) is 11.8 Å². The number of esters is 1.